The van der Waals surface area contributed by atoms with Gasteiger partial charge in [0, 0.05) is 28.7 Å². The molecule has 0 aliphatic heterocycles. The molecule has 0 aliphatic rings. The van der Waals surface area contributed by atoms with Gasteiger partial charge in [-0.1, -0.05) is 45.7 Å². The maximum Gasteiger partial charge on any atom is 0.248 e. The molecule has 0 aromatic heterocycles. The van der Waals surface area contributed by atoms with Gasteiger partial charge in [-0.15, -0.1) is 0 Å². The van der Waals surface area contributed by atoms with Crippen LogP contribution in [0.2, 0.25) is 5.02 Å². The van der Waals surface area contributed by atoms with Gasteiger partial charge in [-0.05, 0) is 29.8 Å². The smallest absolute Gasteiger partial charge is 0.248 e. The minimum absolute atomic E-state index is 0.0860. The van der Waals surface area contributed by atoms with E-state index in [1.54, 1.807) is 25.2 Å². The van der Waals surface area contributed by atoms with E-state index in [1.165, 1.54) is 11.0 Å². The van der Waals surface area contributed by atoms with E-state index in [0.717, 1.165) is 10.0 Å². The number of ether oxygens (including phenoxy) is 1. The molecule has 0 radical (unpaired) electrons. The number of hydrogen-bond acceptors (Lipinski definition) is 2. The molecular formula is C17H16BrClFNO2. The summed E-state index contributed by atoms with van der Waals surface area (Å²) in [5, 5.41) is 0.601. The highest BCUT2D eigenvalue weighted by Crippen LogP contribution is 2.17. The summed E-state index contributed by atoms with van der Waals surface area (Å²) >= 11 is 9.31. The van der Waals surface area contributed by atoms with Crippen molar-refractivity contribution < 1.29 is 13.9 Å². The molecule has 0 atom stereocenters. The van der Waals surface area contributed by atoms with E-state index >= 15 is 0 Å². The van der Waals surface area contributed by atoms with Crippen molar-refractivity contribution in [3.63, 3.8) is 0 Å². The summed E-state index contributed by atoms with van der Waals surface area (Å²) in [6.07, 6.45) is 0. The van der Waals surface area contributed by atoms with Crippen molar-refractivity contribution in [3.05, 3.63) is 68.9 Å². The molecule has 0 aliphatic carbocycles. The fourth-order valence-electron chi connectivity index (χ4n) is 1.98. The standard InChI is InChI=1S/C17H16BrClFNO2/c1-21(9-13-8-14(18)6-7-16(13)20)17(22)11-23-10-12-4-2-3-5-15(12)19/h2-8H,9-11H2,1H3. The Balaban J connectivity index is 1.85. The number of hydrogen-bond donors (Lipinski definition) is 0. The summed E-state index contributed by atoms with van der Waals surface area (Å²) in [5.41, 5.74) is 1.27. The molecule has 0 unspecified atom stereocenters. The van der Waals surface area contributed by atoms with Gasteiger partial charge in [0.25, 0.3) is 0 Å². The zero-order valence-corrected chi connectivity index (χ0v) is 14.9. The molecule has 1 amide bonds. The molecule has 23 heavy (non-hydrogen) atoms. The zero-order chi connectivity index (χ0) is 16.8. The molecule has 0 saturated carbocycles. The summed E-state index contributed by atoms with van der Waals surface area (Å²) in [4.78, 5) is 13.5. The number of carbonyl (C=O) groups excluding carboxylic acids is 1. The van der Waals surface area contributed by atoms with Crippen molar-refractivity contribution in [1.29, 1.82) is 0 Å². The van der Waals surface area contributed by atoms with Gasteiger partial charge >= 0.3 is 0 Å². The van der Waals surface area contributed by atoms with Gasteiger partial charge in [-0.25, -0.2) is 4.39 Å². The van der Waals surface area contributed by atoms with Crippen molar-refractivity contribution in [3.8, 4) is 0 Å². The molecule has 122 valence electrons. The first kappa shape index (κ1) is 17.9. The fraction of sp³-hybridized carbons (Fsp3) is 0.235. The topological polar surface area (TPSA) is 29.5 Å². The van der Waals surface area contributed by atoms with Crippen LogP contribution in [0.25, 0.3) is 0 Å². The van der Waals surface area contributed by atoms with Crippen molar-refractivity contribution >= 4 is 33.4 Å². The molecule has 3 nitrogen and oxygen atoms in total. The van der Waals surface area contributed by atoms with Crippen molar-refractivity contribution in [2.75, 3.05) is 13.7 Å². The summed E-state index contributed by atoms with van der Waals surface area (Å²) in [7, 11) is 1.61. The van der Waals surface area contributed by atoms with Crippen LogP contribution in [-0.4, -0.2) is 24.5 Å². The highest BCUT2D eigenvalue weighted by Gasteiger charge is 2.12. The van der Waals surface area contributed by atoms with E-state index in [9.17, 15) is 9.18 Å². The minimum Gasteiger partial charge on any atom is -0.367 e. The Kier molecular flexibility index (Phi) is 6.57. The van der Waals surface area contributed by atoms with Crippen LogP contribution < -0.4 is 0 Å². The van der Waals surface area contributed by atoms with Crippen LogP contribution >= 0.6 is 27.5 Å². The van der Waals surface area contributed by atoms with E-state index in [4.69, 9.17) is 16.3 Å². The largest absolute Gasteiger partial charge is 0.367 e. The van der Waals surface area contributed by atoms with E-state index in [1.807, 2.05) is 18.2 Å². The number of halogens is 3. The van der Waals surface area contributed by atoms with Crippen LogP contribution in [0.5, 0.6) is 0 Å². The van der Waals surface area contributed by atoms with Crippen LogP contribution in [0, 0.1) is 5.82 Å². The zero-order valence-electron chi connectivity index (χ0n) is 12.6. The number of rotatable bonds is 6. The third-order valence-electron chi connectivity index (χ3n) is 3.28. The first-order valence-corrected chi connectivity index (χ1v) is 8.13. The molecular weight excluding hydrogens is 385 g/mol. The van der Waals surface area contributed by atoms with Crippen LogP contribution in [0.4, 0.5) is 4.39 Å². The monoisotopic (exact) mass is 399 g/mol. The Labute approximate surface area is 148 Å². The van der Waals surface area contributed by atoms with Crippen molar-refractivity contribution in [2.45, 2.75) is 13.2 Å². The molecule has 0 heterocycles. The number of benzene rings is 2. The van der Waals surface area contributed by atoms with Gasteiger partial charge in [-0.3, -0.25) is 4.79 Å². The molecule has 2 rings (SSSR count). The summed E-state index contributed by atoms with van der Waals surface area (Å²) in [6, 6.07) is 11.9. The second-order valence-electron chi connectivity index (χ2n) is 5.07. The molecule has 2 aromatic rings. The van der Waals surface area contributed by atoms with E-state index < -0.39 is 0 Å². The van der Waals surface area contributed by atoms with Crippen LogP contribution in [0.15, 0.2) is 46.9 Å². The second-order valence-corrected chi connectivity index (χ2v) is 6.39. The molecule has 0 fully saturated rings. The maximum atomic E-state index is 13.7. The van der Waals surface area contributed by atoms with Crippen molar-refractivity contribution in [2.24, 2.45) is 0 Å². The first-order chi connectivity index (χ1) is 11.0. The fourth-order valence-corrected chi connectivity index (χ4v) is 2.58. The predicted octanol–water partition coefficient (Wildman–Crippen LogP) is 4.42. The molecule has 0 spiro atoms. The number of amides is 1. The van der Waals surface area contributed by atoms with E-state index in [-0.39, 0.29) is 31.5 Å². The molecule has 6 heteroatoms. The Morgan fingerprint density at radius 3 is 2.74 bits per heavy atom. The summed E-state index contributed by atoms with van der Waals surface area (Å²) in [5.74, 6) is -0.568. The Bertz CT molecular complexity index is 696. The summed E-state index contributed by atoms with van der Waals surface area (Å²) in [6.45, 7) is 0.349. The number of nitrogens with zero attached hydrogens (tertiary/aromatic N) is 1. The Morgan fingerprint density at radius 1 is 1.26 bits per heavy atom. The highest BCUT2D eigenvalue weighted by molar-refractivity contribution is 9.10. The van der Waals surface area contributed by atoms with E-state index in [2.05, 4.69) is 15.9 Å². The normalized spacial score (nSPS) is 10.6. The quantitative estimate of drug-likeness (QED) is 0.718. The lowest BCUT2D eigenvalue weighted by Crippen LogP contribution is -2.30. The van der Waals surface area contributed by atoms with Gasteiger partial charge in [0.1, 0.15) is 12.4 Å². The number of likely N-dealkylation sites (N-methyl/N-ethyl adjacent to an activating group) is 1. The van der Waals surface area contributed by atoms with Gasteiger partial charge in [0.05, 0.1) is 6.61 Å². The average Bonchev–Trinajstić information content (AvgIpc) is 2.52. The van der Waals surface area contributed by atoms with Gasteiger partial charge in [0.2, 0.25) is 5.91 Å². The molecule has 0 saturated heterocycles. The first-order valence-electron chi connectivity index (χ1n) is 6.96. The SMILES string of the molecule is CN(Cc1cc(Br)ccc1F)C(=O)COCc1ccccc1Cl. The van der Waals surface area contributed by atoms with Gasteiger partial charge in [-0.2, -0.15) is 0 Å². The van der Waals surface area contributed by atoms with Crippen LogP contribution in [-0.2, 0) is 22.7 Å². The third kappa shape index (κ3) is 5.30. The second kappa shape index (κ2) is 8.43. The van der Waals surface area contributed by atoms with Gasteiger partial charge < -0.3 is 9.64 Å². The lowest BCUT2D eigenvalue weighted by atomic mass is 10.2. The minimum atomic E-state index is -0.343. The van der Waals surface area contributed by atoms with Crippen molar-refractivity contribution in [1.82, 2.24) is 4.90 Å². The average molecular weight is 401 g/mol. The van der Waals surface area contributed by atoms with E-state index in [0.29, 0.717) is 10.6 Å². The lowest BCUT2D eigenvalue weighted by molar-refractivity contribution is -0.135. The van der Waals surface area contributed by atoms with Gasteiger partial charge in [0.15, 0.2) is 0 Å². The Hall–Kier alpha value is -1.43. The molecule has 2 aromatic carbocycles. The molecule has 0 N–H and O–H groups in total. The predicted molar refractivity (Wildman–Crippen MR) is 91.7 cm³/mol. The van der Waals surface area contributed by atoms with Crippen LogP contribution in [0.3, 0.4) is 0 Å². The summed E-state index contributed by atoms with van der Waals surface area (Å²) < 4.78 is 19.9. The lowest BCUT2D eigenvalue weighted by Gasteiger charge is -2.18. The molecule has 0 bridgehead atoms. The number of carbonyl (C=O) groups is 1. The maximum absolute atomic E-state index is 13.7. The highest BCUT2D eigenvalue weighted by atomic mass is 79.9. The Morgan fingerprint density at radius 2 is 2.00 bits per heavy atom. The third-order valence-corrected chi connectivity index (χ3v) is 4.14. The van der Waals surface area contributed by atoms with Crippen LogP contribution in [0.1, 0.15) is 11.1 Å².